The zero-order chi connectivity index (χ0) is 16.1. The van der Waals surface area contributed by atoms with Crippen molar-refractivity contribution in [1.82, 2.24) is 14.7 Å². The van der Waals surface area contributed by atoms with E-state index in [4.69, 9.17) is 0 Å². The minimum Gasteiger partial charge on any atom is -0.302 e. The quantitative estimate of drug-likeness (QED) is 0.827. The molecule has 0 saturated carbocycles. The van der Waals surface area contributed by atoms with Crippen LogP contribution in [0.5, 0.6) is 0 Å². The molecule has 3 heteroatoms. The highest BCUT2D eigenvalue weighted by Crippen LogP contribution is 2.23. The molecule has 0 unspecified atom stereocenters. The van der Waals surface area contributed by atoms with Crippen molar-refractivity contribution in [2.24, 2.45) is 0 Å². The van der Waals surface area contributed by atoms with Gasteiger partial charge >= 0.3 is 0 Å². The maximum Gasteiger partial charge on any atom is 0.0284 e. The van der Waals surface area contributed by atoms with Gasteiger partial charge in [-0.1, -0.05) is 36.8 Å². The average molecular weight is 316 g/mol. The van der Waals surface area contributed by atoms with Gasteiger partial charge in [0.1, 0.15) is 0 Å². The Labute approximate surface area is 142 Å². The van der Waals surface area contributed by atoms with Crippen molar-refractivity contribution in [3.05, 3.63) is 35.9 Å². The van der Waals surface area contributed by atoms with Crippen molar-refractivity contribution in [3.8, 4) is 0 Å². The van der Waals surface area contributed by atoms with Crippen molar-refractivity contribution < 1.29 is 0 Å². The molecular weight excluding hydrogens is 282 g/mol. The summed E-state index contributed by atoms with van der Waals surface area (Å²) in [5.74, 6) is 0. The standard InChI is InChI=1S/C20H33N3/c1-20(2)18-22(14-13-21-11-7-4-8-12-21)15-16-23(20)17-19-9-5-3-6-10-19/h3,5-6,9-10H,4,7-8,11-18H2,1-2H3. The number of likely N-dealkylation sites (tertiary alicyclic amines) is 1. The van der Waals surface area contributed by atoms with Crippen LogP contribution in [0.15, 0.2) is 30.3 Å². The van der Waals surface area contributed by atoms with Gasteiger partial charge in [0.15, 0.2) is 0 Å². The van der Waals surface area contributed by atoms with Crippen LogP contribution in [0.2, 0.25) is 0 Å². The van der Waals surface area contributed by atoms with Gasteiger partial charge in [0, 0.05) is 44.8 Å². The van der Waals surface area contributed by atoms with E-state index in [-0.39, 0.29) is 5.54 Å². The van der Waals surface area contributed by atoms with E-state index in [0.717, 1.165) is 6.54 Å². The van der Waals surface area contributed by atoms with Gasteiger partial charge < -0.3 is 4.90 Å². The summed E-state index contributed by atoms with van der Waals surface area (Å²) >= 11 is 0. The zero-order valence-corrected chi connectivity index (χ0v) is 15.0. The Hall–Kier alpha value is -0.900. The minimum atomic E-state index is 0.260. The van der Waals surface area contributed by atoms with Crippen LogP contribution < -0.4 is 0 Å². The molecule has 0 aromatic heterocycles. The summed E-state index contributed by atoms with van der Waals surface area (Å²) in [6, 6.07) is 10.9. The fourth-order valence-corrected chi connectivity index (χ4v) is 4.04. The number of piperidine rings is 1. The first-order valence-electron chi connectivity index (χ1n) is 9.37. The van der Waals surface area contributed by atoms with Crippen molar-refractivity contribution in [1.29, 1.82) is 0 Å². The lowest BCUT2D eigenvalue weighted by Gasteiger charge is -2.47. The molecule has 0 radical (unpaired) electrons. The largest absolute Gasteiger partial charge is 0.302 e. The molecule has 2 fully saturated rings. The molecule has 2 heterocycles. The van der Waals surface area contributed by atoms with E-state index in [2.05, 4.69) is 58.9 Å². The molecule has 0 N–H and O–H groups in total. The lowest BCUT2D eigenvalue weighted by Crippen LogP contribution is -2.59. The van der Waals surface area contributed by atoms with Crippen LogP contribution in [0.4, 0.5) is 0 Å². The lowest BCUT2D eigenvalue weighted by molar-refractivity contribution is 0.00957. The van der Waals surface area contributed by atoms with Gasteiger partial charge in [-0.15, -0.1) is 0 Å². The van der Waals surface area contributed by atoms with E-state index >= 15 is 0 Å². The fourth-order valence-electron chi connectivity index (χ4n) is 4.04. The van der Waals surface area contributed by atoms with Crippen molar-refractivity contribution in [2.75, 3.05) is 45.8 Å². The maximum absolute atomic E-state index is 2.68. The summed E-state index contributed by atoms with van der Waals surface area (Å²) in [5, 5.41) is 0. The Kier molecular flexibility index (Phi) is 5.73. The number of hydrogen-bond donors (Lipinski definition) is 0. The second-order valence-corrected chi connectivity index (χ2v) is 7.90. The van der Waals surface area contributed by atoms with E-state index in [1.165, 1.54) is 70.6 Å². The third-order valence-electron chi connectivity index (χ3n) is 5.55. The summed E-state index contributed by atoms with van der Waals surface area (Å²) in [7, 11) is 0. The van der Waals surface area contributed by atoms with Gasteiger partial charge in [0.05, 0.1) is 0 Å². The SMILES string of the molecule is CC1(C)CN(CCN2CCCCC2)CCN1Cc1ccccc1. The van der Waals surface area contributed by atoms with Crippen molar-refractivity contribution >= 4 is 0 Å². The number of piperazine rings is 1. The lowest BCUT2D eigenvalue weighted by atomic mass is 9.97. The summed E-state index contributed by atoms with van der Waals surface area (Å²) in [5.41, 5.74) is 1.69. The molecule has 23 heavy (non-hydrogen) atoms. The van der Waals surface area contributed by atoms with E-state index in [0.29, 0.717) is 0 Å². The number of hydrogen-bond acceptors (Lipinski definition) is 3. The molecule has 2 aliphatic heterocycles. The second-order valence-electron chi connectivity index (χ2n) is 7.90. The molecular formula is C20H33N3. The van der Waals surface area contributed by atoms with E-state index < -0.39 is 0 Å². The maximum atomic E-state index is 2.68. The predicted octanol–water partition coefficient (Wildman–Crippen LogP) is 3.07. The van der Waals surface area contributed by atoms with Gasteiger partial charge in [0.25, 0.3) is 0 Å². The summed E-state index contributed by atoms with van der Waals surface area (Å²) in [4.78, 5) is 7.99. The first kappa shape index (κ1) is 16.9. The highest BCUT2D eigenvalue weighted by molar-refractivity contribution is 5.15. The van der Waals surface area contributed by atoms with E-state index in [1.54, 1.807) is 0 Å². The molecule has 1 aromatic carbocycles. The first-order chi connectivity index (χ1) is 11.1. The normalized spacial score (nSPS) is 23.9. The Morgan fingerprint density at radius 2 is 1.52 bits per heavy atom. The van der Waals surface area contributed by atoms with Crippen LogP contribution in [0.1, 0.15) is 38.7 Å². The van der Waals surface area contributed by atoms with Crippen LogP contribution >= 0.6 is 0 Å². The fraction of sp³-hybridized carbons (Fsp3) is 0.700. The molecule has 3 nitrogen and oxygen atoms in total. The molecule has 3 rings (SSSR count). The van der Waals surface area contributed by atoms with Crippen LogP contribution in [0.25, 0.3) is 0 Å². The Bertz CT molecular complexity index is 465. The molecule has 2 aliphatic rings. The average Bonchev–Trinajstić information content (AvgIpc) is 2.57. The summed E-state index contributed by atoms with van der Waals surface area (Å²) in [6.07, 6.45) is 4.23. The van der Waals surface area contributed by atoms with Gasteiger partial charge in [-0.2, -0.15) is 0 Å². The topological polar surface area (TPSA) is 9.72 Å². The van der Waals surface area contributed by atoms with Crippen molar-refractivity contribution in [2.45, 2.75) is 45.2 Å². The minimum absolute atomic E-state index is 0.260. The van der Waals surface area contributed by atoms with Gasteiger partial charge in [0.2, 0.25) is 0 Å². The second kappa shape index (κ2) is 7.78. The third kappa shape index (κ3) is 4.79. The van der Waals surface area contributed by atoms with Gasteiger partial charge in [-0.3, -0.25) is 9.80 Å². The first-order valence-corrected chi connectivity index (χ1v) is 9.37. The Morgan fingerprint density at radius 1 is 0.826 bits per heavy atom. The predicted molar refractivity (Wildman–Crippen MR) is 97.7 cm³/mol. The molecule has 0 amide bonds. The number of nitrogens with zero attached hydrogens (tertiary/aromatic N) is 3. The van der Waals surface area contributed by atoms with Crippen LogP contribution in [0, 0.1) is 0 Å². The van der Waals surface area contributed by atoms with Crippen LogP contribution in [-0.2, 0) is 6.54 Å². The van der Waals surface area contributed by atoms with Crippen LogP contribution in [0.3, 0.4) is 0 Å². The number of benzene rings is 1. The Morgan fingerprint density at radius 3 is 2.22 bits per heavy atom. The van der Waals surface area contributed by atoms with Crippen molar-refractivity contribution in [3.63, 3.8) is 0 Å². The molecule has 0 bridgehead atoms. The molecule has 128 valence electrons. The summed E-state index contributed by atoms with van der Waals surface area (Å²) in [6.45, 7) is 14.6. The molecule has 0 atom stereocenters. The monoisotopic (exact) mass is 315 g/mol. The number of rotatable bonds is 5. The highest BCUT2D eigenvalue weighted by atomic mass is 15.3. The third-order valence-corrected chi connectivity index (χ3v) is 5.55. The molecule has 0 aliphatic carbocycles. The summed E-state index contributed by atoms with van der Waals surface area (Å²) < 4.78 is 0. The van der Waals surface area contributed by atoms with Crippen LogP contribution in [-0.4, -0.2) is 66.1 Å². The molecule has 0 spiro atoms. The van der Waals surface area contributed by atoms with Gasteiger partial charge in [-0.25, -0.2) is 0 Å². The van der Waals surface area contributed by atoms with E-state index in [1.807, 2.05) is 0 Å². The van der Waals surface area contributed by atoms with E-state index in [9.17, 15) is 0 Å². The zero-order valence-electron chi connectivity index (χ0n) is 15.0. The molecule has 1 aromatic rings. The van der Waals surface area contributed by atoms with Gasteiger partial charge in [-0.05, 0) is 45.3 Å². The Balaban J connectivity index is 1.48. The highest BCUT2D eigenvalue weighted by Gasteiger charge is 2.33. The molecule has 2 saturated heterocycles. The smallest absolute Gasteiger partial charge is 0.0284 e.